The molecule has 2 aromatic carbocycles. The second kappa shape index (κ2) is 11.7. The summed E-state index contributed by atoms with van der Waals surface area (Å²) in [4.78, 5) is 27.2. The highest BCUT2D eigenvalue weighted by Gasteiger charge is 2.26. The summed E-state index contributed by atoms with van der Waals surface area (Å²) in [5, 5.41) is 6.12. The quantitative estimate of drug-likeness (QED) is 0.544. The van der Waals surface area contributed by atoms with Crippen molar-refractivity contribution in [1.29, 1.82) is 0 Å². The van der Waals surface area contributed by atoms with Crippen LogP contribution in [0.25, 0.3) is 0 Å². The summed E-state index contributed by atoms with van der Waals surface area (Å²) in [7, 11) is -3.76. The third-order valence-electron chi connectivity index (χ3n) is 6.76. The molecular formula is C26H34N4O4S. The molecule has 2 fully saturated rings. The zero-order chi connectivity index (χ0) is 24.7. The lowest BCUT2D eigenvalue weighted by molar-refractivity contribution is 0.0708. The van der Waals surface area contributed by atoms with E-state index in [9.17, 15) is 18.0 Å². The first kappa shape index (κ1) is 25.2. The fourth-order valence-corrected chi connectivity index (χ4v) is 5.79. The Labute approximate surface area is 207 Å². The van der Waals surface area contributed by atoms with Gasteiger partial charge in [-0.1, -0.05) is 55.7 Å². The van der Waals surface area contributed by atoms with Crippen LogP contribution in [0.3, 0.4) is 0 Å². The molecule has 2 aromatic rings. The Balaban J connectivity index is 1.29. The molecule has 2 aliphatic rings. The second-order valence-electron chi connectivity index (χ2n) is 9.36. The first-order valence-corrected chi connectivity index (χ1v) is 13.9. The number of piperidine rings is 1. The molecule has 3 amide bonds. The van der Waals surface area contributed by atoms with Crippen molar-refractivity contribution in [3.8, 4) is 0 Å². The number of likely N-dealkylation sites (tertiary alicyclic amines) is 1. The number of amides is 3. The van der Waals surface area contributed by atoms with Crippen molar-refractivity contribution in [2.24, 2.45) is 0 Å². The summed E-state index contributed by atoms with van der Waals surface area (Å²) in [5.74, 6) is -0.199. The Kier molecular flexibility index (Phi) is 8.41. The minimum atomic E-state index is -3.76. The second-order valence-corrected chi connectivity index (χ2v) is 11.1. The van der Waals surface area contributed by atoms with Gasteiger partial charge in [-0.25, -0.2) is 17.9 Å². The van der Waals surface area contributed by atoms with Gasteiger partial charge in [0.05, 0.1) is 4.90 Å². The maximum absolute atomic E-state index is 13.1. The highest BCUT2D eigenvalue weighted by molar-refractivity contribution is 7.89. The van der Waals surface area contributed by atoms with Crippen molar-refractivity contribution >= 4 is 22.0 Å². The number of sulfonamides is 1. The predicted octanol–water partition coefficient (Wildman–Crippen LogP) is 3.40. The monoisotopic (exact) mass is 498 g/mol. The van der Waals surface area contributed by atoms with Crippen molar-refractivity contribution in [3.05, 3.63) is 65.7 Å². The standard InChI is InChI=1S/C26H34N4O4S/c31-25(30-16-14-23(15-17-30)29-26(32)28-22-11-5-2-6-12-22)21-10-7-13-24(18-21)35(33,34)27-19-20-8-3-1-4-9-20/h1,3-4,7-10,13,18,22-23,27H,2,5-6,11-12,14-17,19H2,(H2,28,29,32). The topological polar surface area (TPSA) is 108 Å². The Bertz CT molecular complexity index is 1110. The SMILES string of the molecule is O=C(NC1CCCCC1)NC1CCN(C(=O)c2cccc(S(=O)(=O)NCc3ccccc3)c2)CC1. The van der Waals surface area contributed by atoms with Crippen LogP contribution in [0.4, 0.5) is 4.79 Å². The number of benzene rings is 2. The molecule has 1 saturated carbocycles. The first-order valence-electron chi connectivity index (χ1n) is 12.4. The molecular weight excluding hydrogens is 464 g/mol. The Morgan fingerprint density at radius 1 is 0.829 bits per heavy atom. The van der Waals surface area contributed by atoms with Gasteiger partial charge in [-0.2, -0.15) is 0 Å². The number of nitrogens with one attached hydrogen (secondary N) is 3. The van der Waals surface area contributed by atoms with Crippen LogP contribution in [-0.2, 0) is 16.6 Å². The van der Waals surface area contributed by atoms with Gasteiger partial charge >= 0.3 is 6.03 Å². The lowest BCUT2D eigenvalue weighted by Gasteiger charge is -2.33. The molecule has 3 N–H and O–H groups in total. The molecule has 0 spiro atoms. The molecule has 8 nitrogen and oxygen atoms in total. The minimum absolute atomic E-state index is 0.0246. The van der Waals surface area contributed by atoms with Gasteiger partial charge < -0.3 is 15.5 Å². The van der Waals surface area contributed by atoms with Gasteiger partial charge in [-0.3, -0.25) is 4.79 Å². The van der Waals surface area contributed by atoms with Gasteiger partial charge in [0.2, 0.25) is 10.0 Å². The highest BCUT2D eigenvalue weighted by Crippen LogP contribution is 2.19. The molecule has 4 rings (SSSR count). The zero-order valence-electron chi connectivity index (χ0n) is 19.9. The molecule has 35 heavy (non-hydrogen) atoms. The van der Waals surface area contributed by atoms with E-state index in [-0.39, 0.29) is 35.5 Å². The molecule has 0 unspecified atom stereocenters. The Hall–Kier alpha value is -2.91. The molecule has 0 atom stereocenters. The predicted molar refractivity (Wildman–Crippen MR) is 134 cm³/mol. The molecule has 1 saturated heterocycles. The van der Waals surface area contributed by atoms with Gasteiger partial charge in [0, 0.05) is 37.3 Å². The smallest absolute Gasteiger partial charge is 0.315 e. The summed E-state index contributed by atoms with van der Waals surface area (Å²) in [6.07, 6.45) is 6.98. The Morgan fingerprint density at radius 2 is 1.49 bits per heavy atom. The molecule has 0 radical (unpaired) electrons. The molecule has 9 heteroatoms. The molecule has 0 aromatic heterocycles. The summed E-state index contributed by atoms with van der Waals surface area (Å²) < 4.78 is 28.1. The number of carbonyl (C=O) groups is 2. The Morgan fingerprint density at radius 3 is 2.17 bits per heavy atom. The van der Waals surface area contributed by atoms with E-state index in [1.165, 1.54) is 18.6 Å². The van der Waals surface area contributed by atoms with Crippen LogP contribution in [0.15, 0.2) is 59.5 Å². The van der Waals surface area contributed by atoms with Crippen LogP contribution in [0, 0.1) is 0 Å². The van der Waals surface area contributed by atoms with E-state index in [2.05, 4.69) is 15.4 Å². The number of carbonyl (C=O) groups excluding carboxylic acids is 2. The summed E-state index contributed by atoms with van der Waals surface area (Å²) in [6, 6.07) is 15.6. The van der Waals surface area contributed by atoms with Crippen LogP contribution in [0.2, 0.25) is 0 Å². The van der Waals surface area contributed by atoms with Crippen LogP contribution in [0.1, 0.15) is 60.9 Å². The number of hydrogen-bond donors (Lipinski definition) is 3. The lowest BCUT2D eigenvalue weighted by Crippen LogP contribution is -2.51. The third-order valence-corrected chi connectivity index (χ3v) is 8.16. The number of hydrogen-bond acceptors (Lipinski definition) is 4. The number of urea groups is 1. The van der Waals surface area contributed by atoms with Gasteiger partial charge in [0.25, 0.3) is 5.91 Å². The zero-order valence-corrected chi connectivity index (χ0v) is 20.7. The van der Waals surface area contributed by atoms with Crippen LogP contribution < -0.4 is 15.4 Å². The number of rotatable bonds is 7. The molecule has 1 heterocycles. The van der Waals surface area contributed by atoms with E-state index in [0.29, 0.717) is 31.5 Å². The molecule has 1 aliphatic carbocycles. The number of nitrogens with zero attached hydrogens (tertiary/aromatic N) is 1. The largest absolute Gasteiger partial charge is 0.338 e. The summed E-state index contributed by atoms with van der Waals surface area (Å²) >= 11 is 0. The fourth-order valence-electron chi connectivity index (χ4n) is 4.72. The van der Waals surface area contributed by atoms with Crippen LogP contribution >= 0.6 is 0 Å². The van der Waals surface area contributed by atoms with Crippen molar-refractivity contribution in [3.63, 3.8) is 0 Å². The highest BCUT2D eigenvalue weighted by atomic mass is 32.2. The lowest BCUT2D eigenvalue weighted by atomic mass is 9.96. The maximum atomic E-state index is 13.1. The van der Waals surface area contributed by atoms with Crippen LogP contribution in [0.5, 0.6) is 0 Å². The van der Waals surface area contributed by atoms with Gasteiger partial charge in [0.15, 0.2) is 0 Å². The van der Waals surface area contributed by atoms with E-state index in [4.69, 9.17) is 0 Å². The van der Waals surface area contributed by atoms with Crippen molar-refractivity contribution in [2.75, 3.05) is 13.1 Å². The van der Waals surface area contributed by atoms with Gasteiger partial charge in [0.1, 0.15) is 0 Å². The fraction of sp³-hybridized carbons (Fsp3) is 0.462. The maximum Gasteiger partial charge on any atom is 0.315 e. The van der Waals surface area contributed by atoms with Gasteiger partial charge in [-0.15, -0.1) is 0 Å². The van der Waals surface area contributed by atoms with E-state index >= 15 is 0 Å². The molecule has 188 valence electrons. The molecule has 1 aliphatic heterocycles. The van der Waals surface area contributed by atoms with E-state index in [1.807, 2.05) is 30.3 Å². The third kappa shape index (κ3) is 7.05. The van der Waals surface area contributed by atoms with Crippen molar-refractivity contribution in [2.45, 2.75) is 68.5 Å². The first-order chi connectivity index (χ1) is 16.9. The average Bonchev–Trinajstić information content (AvgIpc) is 2.89. The van der Waals surface area contributed by atoms with E-state index < -0.39 is 10.0 Å². The average molecular weight is 499 g/mol. The minimum Gasteiger partial charge on any atom is -0.338 e. The van der Waals surface area contributed by atoms with Gasteiger partial charge in [-0.05, 0) is 49.4 Å². The molecule has 0 bridgehead atoms. The van der Waals surface area contributed by atoms with E-state index in [0.717, 1.165) is 31.2 Å². The van der Waals surface area contributed by atoms with E-state index in [1.54, 1.807) is 17.0 Å². The van der Waals surface area contributed by atoms with Crippen LogP contribution in [-0.4, -0.2) is 50.4 Å². The normalized spacial score (nSPS) is 17.7. The van der Waals surface area contributed by atoms with Crippen molar-refractivity contribution in [1.82, 2.24) is 20.3 Å². The van der Waals surface area contributed by atoms with Crippen molar-refractivity contribution < 1.29 is 18.0 Å². The summed E-state index contributed by atoms with van der Waals surface area (Å²) in [6.45, 7) is 1.20. The summed E-state index contributed by atoms with van der Waals surface area (Å²) in [5.41, 5.74) is 1.20.